The number of thioether (sulfide) groups is 1. The normalized spacial score (nSPS) is 23.2. The summed E-state index contributed by atoms with van der Waals surface area (Å²) in [7, 11) is 0. The average Bonchev–Trinajstić information content (AvgIpc) is 2.29. The van der Waals surface area contributed by atoms with Gasteiger partial charge in [0.2, 0.25) is 5.91 Å². The first-order valence-electron chi connectivity index (χ1n) is 6.13. The van der Waals surface area contributed by atoms with E-state index in [1.165, 1.54) is 6.42 Å². The zero-order valence-electron chi connectivity index (χ0n) is 10.3. The molecule has 0 aromatic heterocycles. The SMILES string of the molecule is CC(CO)CSCC(=O)N1CCCCC1C. The van der Waals surface area contributed by atoms with Crippen molar-refractivity contribution in [2.24, 2.45) is 5.92 Å². The summed E-state index contributed by atoms with van der Waals surface area (Å²) in [5.41, 5.74) is 0. The number of aliphatic hydroxyl groups is 1. The minimum Gasteiger partial charge on any atom is -0.396 e. The summed E-state index contributed by atoms with van der Waals surface area (Å²) in [5.74, 6) is 1.98. The van der Waals surface area contributed by atoms with E-state index in [-0.39, 0.29) is 18.4 Å². The molecule has 1 rings (SSSR count). The molecule has 0 bridgehead atoms. The van der Waals surface area contributed by atoms with Gasteiger partial charge in [-0.3, -0.25) is 4.79 Å². The fraction of sp³-hybridized carbons (Fsp3) is 0.917. The van der Waals surface area contributed by atoms with E-state index in [0.717, 1.165) is 25.1 Å². The quantitative estimate of drug-likeness (QED) is 0.802. The Kier molecular flexibility index (Phi) is 6.21. The van der Waals surface area contributed by atoms with E-state index in [0.29, 0.717) is 11.8 Å². The number of carbonyl (C=O) groups is 1. The molecule has 4 heteroatoms. The van der Waals surface area contributed by atoms with Gasteiger partial charge in [0.1, 0.15) is 0 Å². The summed E-state index contributed by atoms with van der Waals surface area (Å²) in [6.45, 7) is 5.27. The molecule has 1 fully saturated rings. The molecule has 1 saturated heterocycles. The number of aliphatic hydroxyl groups excluding tert-OH is 1. The summed E-state index contributed by atoms with van der Waals surface area (Å²) >= 11 is 1.64. The lowest BCUT2D eigenvalue weighted by atomic mass is 10.0. The highest BCUT2D eigenvalue weighted by Gasteiger charge is 2.22. The number of hydrogen-bond donors (Lipinski definition) is 1. The largest absolute Gasteiger partial charge is 0.396 e. The Morgan fingerprint density at radius 3 is 2.94 bits per heavy atom. The number of carbonyl (C=O) groups excluding carboxylic acids is 1. The van der Waals surface area contributed by atoms with Crippen LogP contribution in [-0.4, -0.2) is 46.6 Å². The van der Waals surface area contributed by atoms with Crippen LogP contribution in [0.5, 0.6) is 0 Å². The summed E-state index contributed by atoms with van der Waals surface area (Å²) in [6.07, 6.45) is 3.54. The zero-order valence-corrected chi connectivity index (χ0v) is 11.1. The Morgan fingerprint density at radius 2 is 2.31 bits per heavy atom. The monoisotopic (exact) mass is 245 g/mol. The standard InChI is InChI=1S/C12H23NO2S/c1-10(7-14)8-16-9-12(15)13-6-4-3-5-11(13)2/h10-11,14H,3-9H2,1-2H3. The maximum Gasteiger partial charge on any atom is 0.232 e. The van der Waals surface area contributed by atoms with Gasteiger partial charge < -0.3 is 10.0 Å². The lowest BCUT2D eigenvalue weighted by Crippen LogP contribution is -2.43. The van der Waals surface area contributed by atoms with Gasteiger partial charge in [0.25, 0.3) is 0 Å². The van der Waals surface area contributed by atoms with Crippen molar-refractivity contribution in [2.45, 2.75) is 39.2 Å². The van der Waals surface area contributed by atoms with Crippen molar-refractivity contribution in [2.75, 3.05) is 24.7 Å². The van der Waals surface area contributed by atoms with Crippen molar-refractivity contribution in [3.63, 3.8) is 0 Å². The third-order valence-electron chi connectivity index (χ3n) is 3.06. The molecule has 0 aromatic carbocycles. The lowest BCUT2D eigenvalue weighted by molar-refractivity contribution is -0.131. The Balaban J connectivity index is 2.23. The first-order valence-corrected chi connectivity index (χ1v) is 7.28. The molecule has 16 heavy (non-hydrogen) atoms. The first kappa shape index (κ1) is 13.8. The lowest BCUT2D eigenvalue weighted by Gasteiger charge is -2.33. The summed E-state index contributed by atoms with van der Waals surface area (Å²) in [5, 5.41) is 8.88. The highest BCUT2D eigenvalue weighted by Crippen LogP contribution is 2.18. The van der Waals surface area contributed by atoms with Gasteiger partial charge in [0, 0.05) is 19.2 Å². The number of rotatable bonds is 5. The van der Waals surface area contributed by atoms with E-state index >= 15 is 0 Å². The van der Waals surface area contributed by atoms with Crippen LogP contribution in [0.15, 0.2) is 0 Å². The highest BCUT2D eigenvalue weighted by molar-refractivity contribution is 7.99. The van der Waals surface area contributed by atoms with E-state index in [9.17, 15) is 4.79 Å². The third kappa shape index (κ3) is 4.34. The maximum absolute atomic E-state index is 11.9. The Bertz CT molecular complexity index is 223. The van der Waals surface area contributed by atoms with Crippen molar-refractivity contribution in [3.05, 3.63) is 0 Å². The Morgan fingerprint density at radius 1 is 1.56 bits per heavy atom. The predicted octanol–water partition coefficient (Wildman–Crippen LogP) is 1.75. The number of amides is 1. The van der Waals surface area contributed by atoms with Crippen LogP contribution < -0.4 is 0 Å². The van der Waals surface area contributed by atoms with E-state index in [4.69, 9.17) is 5.11 Å². The molecular weight excluding hydrogens is 222 g/mol. The average molecular weight is 245 g/mol. The van der Waals surface area contributed by atoms with E-state index in [1.54, 1.807) is 11.8 Å². The van der Waals surface area contributed by atoms with E-state index < -0.39 is 0 Å². The summed E-state index contributed by atoms with van der Waals surface area (Å²) < 4.78 is 0. The molecule has 0 radical (unpaired) electrons. The molecule has 0 aliphatic carbocycles. The van der Waals surface area contributed by atoms with Crippen molar-refractivity contribution >= 4 is 17.7 Å². The van der Waals surface area contributed by atoms with Crippen LogP contribution in [0.25, 0.3) is 0 Å². The molecule has 2 unspecified atom stereocenters. The van der Waals surface area contributed by atoms with Crippen LogP contribution >= 0.6 is 11.8 Å². The van der Waals surface area contributed by atoms with Gasteiger partial charge in [-0.2, -0.15) is 11.8 Å². The number of hydrogen-bond acceptors (Lipinski definition) is 3. The maximum atomic E-state index is 11.9. The van der Waals surface area contributed by atoms with Crippen molar-refractivity contribution in [3.8, 4) is 0 Å². The second-order valence-electron chi connectivity index (χ2n) is 4.73. The van der Waals surface area contributed by atoms with Crippen LogP contribution in [0.3, 0.4) is 0 Å². The smallest absolute Gasteiger partial charge is 0.232 e. The van der Waals surface area contributed by atoms with Crippen LogP contribution in [0, 0.1) is 5.92 Å². The molecule has 0 saturated carbocycles. The van der Waals surface area contributed by atoms with Crippen molar-refractivity contribution in [1.29, 1.82) is 0 Å². The van der Waals surface area contributed by atoms with Crippen LogP contribution in [-0.2, 0) is 4.79 Å². The molecule has 3 nitrogen and oxygen atoms in total. The molecular formula is C12H23NO2S. The van der Waals surface area contributed by atoms with Crippen molar-refractivity contribution in [1.82, 2.24) is 4.90 Å². The molecule has 0 aromatic rings. The number of piperidine rings is 1. The minimum absolute atomic E-state index is 0.210. The topological polar surface area (TPSA) is 40.5 Å². The fourth-order valence-electron chi connectivity index (χ4n) is 1.95. The van der Waals surface area contributed by atoms with E-state index in [1.807, 2.05) is 11.8 Å². The first-order chi connectivity index (χ1) is 7.65. The van der Waals surface area contributed by atoms with Crippen LogP contribution in [0.4, 0.5) is 0 Å². The predicted molar refractivity (Wildman–Crippen MR) is 68.6 cm³/mol. The van der Waals surface area contributed by atoms with Crippen molar-refractivity contribution < 1.29 is 9.90 Å². The zero-order chi connectivity index (χ0) is 12.0. The molecule has 1 aliphatic rings. The minimum atomic E-state index is 0.210. The molecule has 1 N–H and O–H groups in total. The van der Waals surface area contributed by atoms with Crippen LogP contribution in [0.2, 0.25) is 0 Å². The molecule has 2 atom stereocenters. The Hall–Kier alpha value is -0.220. The van der Waals surface area contributed by atoms with Gasteiger partial charge in [-0.05, 0) is 37.9 Å². The Labute approximate surface area is 103 Å². The number of nitrogens with zero attached hydrogens (tertiary/aromatic N) is 1. The number of likely N-dealkylation sites (tertiary alicyclic amines) is 1. The van der Waals surface area contributed by atoms with Gasteiger partial charge in [0.15, 0.2) is 0 Å². The second-order valence-corrected chi connectivity index (χ2v) is 5.77. The van der Waals surface area contributed by atoms with Gasteiger partial charge in [-0.15, -0.1) is 0 Å². The molecule has 0 spiro atoms. The van der Waals surface area contributed by atoms with Gasteiger partial charge in [-0.25, -0.2) is 0 Å². The van der Waals surface area contributed by atoms with Gasteiger partial charge in [-0.1, -0.05) is 6.92 Å². The van der Waals surface area contributed by atoms with E-state index in [2.05, 4.69) is 6.92 Å². The summed E-state index contributed by atoms with van der Waals surface area (Å²) in [6, 6.07) is 0.414. The van der Waals surface area contributed by atoms with Gasteiger partial charge >= 0.3 is 0 Å². The third-order valence-corrected chi connectivity index (χ3v) is 4.32. The van der Waals surface area contributed by atoms with Crippen LogP contribution in [0.1, 0.15) is 33.1 Å². The molecule has 1 amide bonds. The fourth-order valence-corrected chi connectivity index (χ4v) is 2.92. The molecule has 1 heterocycles. The second kappa shape index (κ2) is 7.17. The highest BCUT2D eigenvalue weighted by atomic mass is 32.2. The summed E-state index contributed by atoms with van der Waals surface area (Å²) in [4.78, 5) is 13.9. The van der Waals surface area contributed by atoms with Gasteiger partial charge in [0.05, 0.1) is 5.75 Å². The molecule has 1 aliphatic heterocycles. The molecule has 94 valence electrons.